The Balaban J connectivity index is 2.65. The van der Waals surface area contributed by atoms with Crippen LogP contribution in [-0.4, -0.2) is 28.2 Å². The van der Waals surface area contributed by atoms with Gasteiger partial charge in [0.2, 0.25) is 0 Å². The quantitative estimate of drug-likeness (QED) is 0.742. The lowest BCUT2D eigenvalue weighted by Gasteiger charge is -2.35. The monoisotopic (exact) mass is 284 g/mol. The van der Waals surface area contributed by atoms with E-state index in [4.69, 9.17) is 0 Å². The molecule has 1 aliphatic carbocycles. The number of carboxylic acids is 1. The Hall–Kier alpha value is -1.26. The number of hydrogen-bond acceptors (Lipinski definition) is 2. The zero-order valence-electron chi connectivity index (χ0n) is 13.3. The van der Waals surface area contributed by atoms with Crippen molar-refractivity contribution < 1.29 is 14.7 Å². The maximum Gasteiger partial charge on any atom is 0.329 e. The zero-order chi connectivity index (χ0) is 15.6. The van der Waals surface area contributed by atoms with Gasteiger partial charge in [-0.3, -0.25) is 0 Å². The Labute approximate surface area is 121 Å². The molecule has 0 saturated heterocycles. The molecule has 0 bridgehead atoms. The number of carbonyl (C=O) groups is 2. The Bertz CT molecular complexity index is 377. The number of carbonyl (C=O) groups excluding carboxylic acids is 1. The van der Waals surface area contributed by atoms with Crippen LogP contribution in [0.3, 0.4) is 0 Å². The third-order valence-electron chi connectivity index (χ3n) is 3.64. The summed E-state index contributed by atoms with van der Waals surface area (Å²) in [4.78, 5) is 23.5. The fourth-order valence-electron chi connectivity index (χ4n) is 3.30. The van der Waals surface area contributed by atoms with Crippen molar-refractivity contribution in [1.29, 1.82) is 0 Å². The molecular weight excluding hydrogens is 256 g/mol. The van der Waals surface area contributed by atoms with E-state index in [1.165, 1.54) is 0 Å². The van der Waals surface area contributed by atoms with Gasteiger partial charge in [0, 0.05) is 5.54 Å². The number of aliphatic carboxylic acids is 1. The molecule has 116 valence electrons. The molecule has 0 aromatic carbocycles. The predicted octanol–water partition coefficient (Wildman–Crippen LogP) is 2.90. The largest absolute Gasteiger partial charge is 0.480 e. The van der Waals surface area contributed by atoms with Crippen LogP contribution in [0.15, 0.2) is 0 Å². The van der Waals surface area contributed by atoms with Crippen LogP contribution >= 0.6 is 0 Å². The van der Waals surface area contributed by atoms with Gasteiger partial charge in [-0.15, -0.1) is 0 Å². The topological polar surface area (TPSA) is 78.4 Å². The van der Waals surface area contributed by atoms with Gasteiger partial charge >= 0.3 is 12.0 Å². The average molecular weight is 284 g/mol. The summed E-state index contributed by atoms with van der Waals surface area (Å²) >= 11 is 0. The Morgan fingerprint density at radius 1 is 1.10 bits per heavy atom. The summed E-state index contributed by atoms with van der Waals surface area (Å²) in [5.41, 5.74) is -1.36. The highest BCUT2D eigenvalue weighted by Gasteiger charge is 2.43. The number of nitrogens with one attached hydrogen (secondary N) is 2. The number of urea groups is 1. The standard InChI is InChI=1S/C15H28N2O3/c1-13(2,3)10-14(4,5)16-12(20)17-15(11(18)19)8-6-7-9-15/h6-10H2,1-5H3,(H,18,19)(H2,16,17,20). The van der Waals surface area contributed by atoms with Crippen molar-refractivity contribution >= 4 is 12.0 Å². The highest BCUT2D eigenvalue weighted by molar-refractivity contribution is 5.86. The van der Waals surface area contributed by atoms with Crippen LogP contribution in [0.2, 0.25) is 0 Å². The molecule has 1 aliphatic rings. The smallest absolute Gasteiger partial charge is 0.329 e. The van der Waals surface area contributed by atoms with E-state index in [1.807, 2.05) is 13.8 Å². The van der Waals surface area contributed by atoms with Crippen LogP contribution in [0.4, 0.5) is 4.79 Å². The molecule has 1 fully saturated rings. The molecule has 3 N–H and O–H groups in total. The molecule has 0 heterocycles. The van der Waals surface area contributed by atoms with E-state index in [9.17, 15) is 14.7 Å². The van der Waals surface area contributed by atoms with E-state index < -0.39 is 11.5 Å². The van der Waals surface area contributed by atoms with Gasteiger partial charge in [-0.2, -0.15) is 0 Å². The molecule has 0 radical (unpaired) electrons. The Morgan fingerprint density at radius 2 is 1.60 bits per heavy atom. The van der Waals surface area contributed by atoms with Crippen LogP contribution in [0.5, 0.6) is 0 Å². The lowest BCUT2D eigenvalue weighted by molar-refractivity contribution is -0.144. The fraction of sp³-hybridized carbons (Fsp3) is 0.867. The second-order valence-corrected chi connectivity index (χ2v) is 7.79. The van der Waals surface area contributed by atoms with Crippen molar-refractivity contribution in [3.63, 3.8) is 0 Å². The van der Waals surface area contributed by atoms with E-state index >= 15 is 0 Å². The van der Waals surface area contributed by atoms with Gasteiger partial charge in [-0.25, -0.2) is 9.59 Å². The maximum absolute atomic E-state index is 12.1. The molecule has 0 aromatic rings. The van der Waals surface area contributed by atoms with Crippen LogP contribution in [0, 0.1) is 5.41 Å². The summed E-state index contributed by atoms with van der Waals surface area (Å²) in [6, 6.07) is -0.386. The van der Waals surface area contributed by atoms with E-state index in [2.05, 4.69) is 31.4 Å². The molecule has 0 unspecified atom stereocenters. The van der Waals surface area contributed by atoms with E-state index in [0.717, 1.165) is 19.3 Å². The molecule has 0 aliphatic heterocycles. The Kier molecular flexibility index (Phi) is 4.72. The van der Waals surface area contributed by atoms with Crippen molar-refractivity contribution in [2.45, 2.75) is 77.8 Å². The summed E-state index contributed by atoms with van der Waals surface area (Å²) in [5.74, 6) is -0.932. The number of hydrogen-bond donors (Lipinski definition) is 3. The molecule has 20 heavy (non-hydrogen) atoms. The lowest BCUT2D eigenvalue weighted by atomic mass is 9.82. The highest BCUT2D eigenvalue weighted by Crippen LogP contribution is 2.30. The normalized spacial score (nSPS) is 18.6. The Morgan fingerprint density at radius 3 is 2.00 bits per heavy atom. The highest BCUT2D eigenvalue weighted by atomic mass is 16.4. The van der Waals surface area contributed by atoms with Gasteiger partial charge < -0.3 is 15.7 Å². The first-order valence-electron chi connectivity index (χ1n) is 7.30. The van der Waals surface area contributed by atoms with Gasteiger partial charge in [0.1, 0.15) is 5.54 Å². The lowest BCUT2D eigenvalue weighted by Crippen LogP contribution is -2.59. The number of amides is 2. The second kappa shape index (κ2) is 5.62. The zero-order valence-corrected chi connectivity index (χ0v) is 13.3. The second-order valence-electron chi connectivity index (χ2n) is 7.79. The van der Waals surface area contributed by atoms with Gasteiger partial charge in [0.05, 0.1) is 0 Å². The van der Waals surface area contributed by atoms with Gasteiger partial charge in [0.25, 0.3) is 0 Å². The third kappa shape index (κ3) is 4.69. The molecular formula is C15H28N2O3. The summed E-state index contributed by atoms with van der Waals surface area (Å²) in [6.45, 7) is 10.3. The molecule has 5 heteroatoms. The van der Waals surface area contributed by atoms with Gasteiger partial charge in [0.15, 0.2) is 0 Å². The van der Waals surface area contributed by atoms with Crippen LogP contribution < -0.4 is 10.6 Å². The van der Waals surface area contributed by atoms with E-state index in [1.54, 1.807) is 0 Å². The first-order chi connectivity index (χ1) is 8.96. The third-order valence-corrected chi connectivity index (χ3v) is 3.64. The first kappa shape index (κ1) is 16.8. The van der Waals surface area contributed by atoms with Crippen molar-refractivity contribution in [3.8, 4) is 0 Å². The summed E-state index contributed by atoms with van der Waals surface area (Å²) in [7, 11) is 0. The van der Waals surface area contributed by atoms with Crippen LogP contribution in [0.25, 0.3) is 0 Å². The maximum atomic E-state index is 12.1. The van der Waals surface area contributed by atoms with Gasteiger partial charge in [-0.05, 0) is 38.5 Å². The van der Waals surface area contributed by atoms with Crippen molar-refractivity contribution in [1.82, 2.24) is 10.6 Å². The minimum atomic E-state index is -1.08. The number of carboxylic acid groups (broad SMARTS) is 1. The SMILES string of the molecule is CC(C)(C)CC(C)(C)NC(=O)NC1(C(=O)O)CCCC1. The summed E-state index contributed by atoms with van der Waals surface area (Å²) in [5, 5.41) is 14.9. The molecule has 0 aromatic heterocycles. The molecule has 5 nitrogen and oxygen atoms in total. The average Bonchev–Trinajstić information content (AvgIpc) is 2.61. The van der Waals surface area contributed by atoms with Crippen molar-refractivity contribution in [3.05, 3.63) is 0 Å². The molecule has 1 rings (SSSR count). The fourth-order valence-corrected chi connectivity index (χ4v) is 3.30. The summed E-state index contributed by atoms with van der Waals surface area (Å²) in [6.07, 6.45) is 3.52. The minimum absolute atomic E-state index is 0.0919. The molecule has 0 atom stereocenters. The minimum Gasteiger partial charge on any atom is -0.480 e. The van der Waals surface area contributed by atoms with Crippen LogP contribution in [0.1, 0.15) is 66.7 Å². The van der Waals surface area contributed by atoms with Gasteiger partial charge in [-0.1, -0.05) is 33.6 Å². The molecule has 0 spiro atoms. The van der Waals surface area contributed by atoms with Crippen molar-refractivity contribution in [2.24, 2.45) is 5.41 Å². The van der Waals surface area contributed by atoms with E-state index in [0.29, 0.717) is 12.8 Å². The first-order valence-corrected chi connectivity index (χ1v) is 7.30. The summed E-state index contributed by atoms with van der Waals surface area (Å²) < 4.78 is 0. The molecule has 2 amide bonds. The predicted molar refractivity (Wildman–Crippen MR) is 78.7 cm³/mol. The van der Waals surface area contributed by atoms with E-state index in [-0.39, 0.29) is 17.0 Å². The van der Waals surface area contributed by atoms with Crippen molar-refractivity contribution in [2.75, 3.05) is 0 Å². The van der Waals surface area contributed by atoms with Crippen LogP contribution in [-0.2, 0) is 4.79 Å². The number of rotatable bonds is 4. The molecule has 1 saturated carbocycles.